The molecule has 0 saturated carbocycles. The number of aromatic nitrogens is 2. The Bertz CT molecular complexity index is 222. The van der Waals surface area contributed by atoms with Gasteiger partial charge in [0.15, 0.2) is 0 Å². The maximum Gasteiger partial charge on any atom is 0.0950 e. The molecular formula is C8H15N3S. The van der Waals surface area contributed by atoms with Gasteiger partial charge >= 0.3 is 0 Å². The summed E-state index contributed by atoms with van der Waals surface area (Å²) in [5.41, 5.74) is 6.41. The first-order valence-electron chi connectivity index (χ1n) is 4.15. The normalized spacial score (nSPS) is 10.5. The zero-order valence-corrected chi connectivity index (χ0v) is 8.18. The Labute approximate surface area is 77.4 Å². The van der Waals surface area contributed by atoms with Crippen LogP contribution in [0, 0.1) is 0 Å². The predicted octanol–water partition coefficient (Wildman–Crippen LogP) is 1.09. The summed E-state index contributed by atoms with van der Waals surface area (Å²) in [4.78, 5) is 4.14. The number of aryl methyl sites for hydroxylation is 1. The molecule has 4 heteroatoms. The molecule has 0 radical (unpaired) electrons. The average molecular weight is 185 g/mol. The van der Waals surface area contributed by atoms with Crippen LogP contribution in [-0.4, -0.2) is 21.1 Å². The first-order chi connectivity index (χ1) is 5.86. The molecule has 0 amide bonds. The van der Waals surface area contributed by atoms with Gasteiger partial charge in [-0.3, -0.25) is 0 Å². The molecule has 0 bridgehead atoms. The molecule has 1 aromatic rings. The summed E-state index contributed by atoms with van der Waals surface area (Å²) < 4.78 is 2.09. The third-order valence-corrected chi connectivity index (χ3v) is 2.47. The van der Waals surface area contributed by atoms with Gasteiger partial charge in [0, 0.05) is 25.0 Å². The maximum atomic E-state index is 5.44. The minimum absolute atomic E-state index is 0.536. The fourth-order valence-corrected chi connectivity index (χ4v) is 1.58. The molecule has 0 spiro atoms. The summed E-state index contributed by atoms with van der Waals surface area (Å²) >= 11 is 1.94. The summed E-state index contributed by atoms with van der Waals surface area (Å²) in [6, 6.07) is 0. The molecule has 0 aliphatic heterocycles. The highest BCUT2D eigenvalue weighted by Crippen LogP contribution is 2.01. The van der Waals surface area contributed by atoms with E-state index in [2.05, 4.69) is 16.5 Å². The zero-order chi connectivity index (χ0) is 8.81. The molecule has 1 heterocycles. The van der Waals surface area contributed by atoms with Gasteiger partial charge in [0.25, 0.3) is 0 Å². The van der Waals surface area contributed by atoms with Crippen LogP contribution in [0.3, 0.4) is 0 Å². The van der Waals surface area contributed by atoms with Crippen LogP contribution in [0.1, 0.15) is 12.6 Å². The van der Waals surface area contributed by atoms with E-state index in [9.17, 15) is 0 Å². The molecule has 0 fully saturated rings. The molecule has 2 N–H and O–H groups in total. The van der Waals surface area contributed by atoms with Crippen molar-refractivity contribution >= 4 is 11.8 Å². The number of rotatable bonds is 5. The lowest BCUT2D eigenvalue weighted by atomic mass is 10.5. The van der Waals surface area contributed by atoms with Crippen LogP contribution in [0.2, 0.25) is 0 Å². The van der Waals surface area contributed by atoms with Crippen molar-refractivity contribution in [2.75, 3.05) is 11.5 Å². The fourth-order valence-electron chi connectivity index (χ4n) is 0.948. The number of thioether (sulfide) groups is 1. The number of nitrogens with two attached hydrogens (primary N) is 1. The van der Waals surface area contributed by atoms with Crippen LogP contribution in [0.5, 0.6) is 0 Å². The topological polar surface area (TPSA) is 43.8 Å². The van der Waals surface area contributed by atoms with Gasteiger partial charge in [-0.15, -0.1) is 0 Å². The van der Waals surface area contributed by atoms with Gasteiger partial charge in [-0.05, 0) is 5.75 Å². The molecular weight excluding hydrogens is 170 g/mol. The average Bonchev–Trinajstić information content (AvgIpc) is 2.53. The van der Waals surface area contributed by atoms with E-state index in [4.69, 9.17) is 5.73 Å². The second-order valence-electron chi connectivity index (χ2n) is 2.50. The summed E-state index contributed by atoms with van der Waals surface area (Å²) in [5.74, 6) is 2.33. The standard InChI is InChI=1S/C8H15N3S/c1-2-12-4-3-11-6-8(5-9)10-7-11/h6-7H,2-5,9H2,1H3. The van der Waals surface area contributed by atoms with E-state index >= 15 is 0 Å². The summed E-state index contributed by atoms with van der Waals surface area (Å²) in [7, 11) is 0. The second-order valence-corrected chi connectivity index (χ2v) is 3.90. The Morgan fingerprint density at radius 2 is 2.50 bits per heavy atom. The molecule has 0 unspecified atom stereocenters. The van der Waals surface area contributed by atoms with Gasteiger partial charge in [-0.2, -0.15) is 11.8 Å². The molecule has 0 aliphatic carbocycles. The fraction of sp³-hybridized carbons (Fsp3) is 0.625. The number of hydrogen-bond donors (Lipinski definition) is 1. The van der Waals surface area contributed by atoms with Crippen molar-refractivity contribution in [2.24, 2.45) is 5.73 Å². The molecule has 1 rings (SSSR count). The number of nitrogens with zero attached hydrogens (tertiary/aromatic N) is 2. The third kappa shape index (κ3) is 2.87. The van der Waals surface area contributed by atoms with E-state index in [0.717, 1.165) is 18.0 Å². The van der Waals surface area contributed by atoms with Crippen molar-refractivity contribution in [1.29, 1.82) is 0 Å². The second kappa shape index (κ2) is 5.22. The first-order valence-corrected chi connectivity index (χ1v) is 5.30. The Morgan fingerprint density at radius 1 is 1.67 bits per heavy atom. The SMILES string of the molecule is CCSCCn1cnc(CN)c1. The lowest BCUT2D eigenvalue weighted by Gasteiger charge is -1.99. The quantitative estimate of drug-likeness (QED) is 0.698. The minimum atomic E-state index is 0.536. The molecule has 0 atom stereocenters. The summed E-state index contributed by atoms with van der Waals surface area (Å²) in [5, 5.41) is 0. The van der Waals surface area contributed by atoms with Crippen molar-refractivity contribution < 1.29 is 0 Å². The van der Waals surface area contributed by atoms with Gasteiger partial charge in [0.05, 0.1) is 12.0 Å². The Balaban J connectivity index is 2.31. The minimum Gasteiger partial charge on any atom is -0.336 e. The molecule has 0 saturated heterocycles. The molecule has 3 nitrogen and oxygen atoms in total. The van der Waals surface area contributed by atoms with Gasteiger partial charge in [-0.25, -0.2) is 4.98 Å². The molecule has 12 heavy (non-hydrogen) atoms. The molecule has 0 aliphatic rings. The van der Waals surface area contributed by atoms with E-state index in [1.807, 2.05) is 24.3 Å². The molecule has 0 aromatic carbocycles. The zero-order valence-electron chi connectivity index (χ0n) is 7.36. The predicted molar refractivity (Wildman–Crippen MR) is 53.1 cm³/mol. The summed E-state index contributed by atoms with van der Waals surface area (Å²) in [6.45, 7) is 3.74. The Morgan fingerprint density at radius 3 is 3.08 bits per heavy atom. The van der Waals surface area contributed by atoms with Crippen LogP contribution in [-0.2, 0) is 13.1 Å². The third-order valence-electron chi connectivity index (χ3n) is 1.59. The lowest BCUT2D eigenvalue weighted by molar-refractivity contribution is 0.769. The van der Waals surface area contributed by atoms with E-state index < -0.39 is 0 Å². The van der Waals surface area contributed by atoms with Crippen LogP contribution in [0.15, 0.2) is 12.5 Å². The highest BCUT2D eigenvalue weighted by atomic mass is 32.2. The van der Waals surface area contributed by atoms with Gasteiger partial charge in [0.1, 0.15) is 0 Å². The van der Waals surface area contributed by atoms with Crippen LogP contribution < -0.4 is 5.73 Å². The lowest BCUT2D eigenvalue weighted by Crippen LogP contribution is -1.98. The van der Waals surface area contributed by atoms with Crippen molar-refractivity contribution in [3.05, 3.63) is 18.2 Å². The highest BCUT2D eigenvalue weighted by Gasteiger charge is 1.94. The Kier molecular flexibility index (Phi) is 4.18. The molecule has 68 valence electrons. The first kappa shape index (κ1) is 9.61. The smallest absolute Gasteiger partial charge is 0.0950 e. The van der Waals surface area contributed by atoms with Crippen molar-refractivity contribution in [1.82, 2.24) is 9.55 Å². The van der Waals surface area contributed by atoms with Crippen LogP contribution >= 0.6 is 11.8 Å². The van der Waals surface area contributed by atoms with Gasteiger partial charge in [0.2, 0.25) is 0 Å². The van der Waals surface area contributed by atoms with Crippen molar-refractivity contribution in [2.45, 2.75) is 20.0 Å². The van der Waals surface area contributed by atoms with Crippen molar-refractivity contribution in [3.63, 3.8) is 0 Å². The van der Waals surface area contributed by atoms with Crippen molar-refractivity contribution in [3.8, 4) is 0 Å². The monoisotopic (exact) mass is 185 g/mol. The van der Waals surface area contributed by atoms with E-state index in [1.165, 1.54) is 5.75 Å². The van der Waals surface area contributed by atoms with E-state index in [0.29, 0.717) is 6.54 Å². The summed E-state index contributed by atoms with van der Waals surface area (Å²) in [6.07, 6.45) is 3.86. The maximum absolute atomic E-state index is 5.44. The van der Waals surface area contributed by atoms with Gasteiger partial charge < -0.3 is 10.3 Å². The largest absolute Gasteiger partial charge is 0.336 e. The highest BCUT2D eigenvalue weighted by molar-refractivity contribution is 7.99. The molecule has 1 aromatic heterocycles. The van der Waals surface area contributed by atoms with Crippen LogP contribution in [0.4, 0.5) is 0 Å². The van der Waals surface area contributed by atoms with E-state index in [1.54, 1.807) is 0 Å². The Hall–Kier alpha value is -0.480. The number of hydrogen-bond acceptors (Lipinski definition) is 3. The van der Waals surface area contributed by atoms with E-state index in [-0.39, 0.29) is 0 Å². The number of imidazole rings is 1. The van der Waals surface area contributed by atoms with Gasteiger partial charge in [-0.1, -0.05) is 6.92 Å². The van der Waals surface area contributed by atoms with Crippen LogP contribution in [0.25, 0.3) is 0 Å².